The van der Waals surface area contributed by atoms with Crippen LogP contribution in [0.3, 0.4) is 0 Å². The fourth-order valence-electron chi connectivity index (χ4n) is 4.91. The first-order valence-corrected chi connectivity index (χ1v) is 15.6. The van der Waals surface area contributed by atoms with Crippen molar-refractivity contribution in [2.45, 2.75) is 43.4 Å². The van der Waals surface area contributed by atoms with Gasteiger partial charge in [-0.1, -0.05) is 52.5 Å². The fourth-order valence-corrected chi connectivity index (χ4v) is 8.21. The maximum atomic E-state index is 12.7. The largest absolute Gasteiger partial charge is 0.339 e. The number of carbonyl (C=O) groups is 1. The summed E-state index contributed by atoms with van der Waals surface area (Å²) in [5, 5.41) is 2.42. The Labute approximate surface area is 245 Å². The van der Waals surface area contributed by atoms with Crippen LogP contribution in [0.25, 0.3) is 17.0 Å². The van der Waals surface area contributed by atoms with Gasteiger partial charge in [-0.3, -0.25) is 4.79 Å². The van der Waals surface area contributed by atoms with Crippen molar-refractivity contribution in [3.05, 3.63) is 89.8 Å². The molecule has 1 aliphatic rings. The number of nitrogens with zero attached hydrogens (tertiary/aromatic N) is 1. The number of amides is 1. The number of halogens is 4. The molecule has 0 saturated carbocycles. The summed E-state index contributed by atoms with van der Waals surface area (Å²) in [6.45, 7) is 2.56. The highest BCUT2D eigenvalue weighted by Gasteiger charge is 2.23. The zero-order valence-electron chi connectivity index (χ0n) is 20.2. The van der Waals surface area contributed by atoms with Gasteiger partial charge in [0.25, 0.3) is 15.9 Å². The lowest BCUT2D eigenvalue weighted by Crippen LogP contribution is -2.28. The molecule has 5 nitrogen and oxygen atoms in total. The van der Waals surface area contributed by atoms with Crippen molar-refractivity contribution in [2.75, 3.05) is 0 Å². The molecule has 2 aromatic carbocycles. The Morgan fingerprint density at radius 1 is 1.05 bits per heavy atom. The number of sulfonamides is 1. The quantitative estimate of drug-likeness (QED) is 0.220. The third-order valence-corrected chi connectivity index (χ3v) is 10.8. The lowest BCUT2D eigenvalue weighted by molar-refractivity contribution is -0.114. The number of rotatable bonds is 6. The van der Waals surface area contributed by atoms with Gasteiger partial charge >= 0.3 is 0 Å². The average molecular weight is 628 g/mol. The van der Waals surface area contributed by atoms with Gasteiger partial charge in [0.15, 0.2) is 0 Å². The van der Waals surface area contributed by atoms with Gasteiger partial charge in [-0.2, -0.15) is 0 Å². The first-order valence-electron chi connectivity index (χ1n) is 11.8. The number of fused-ring (bicyclic) bond motifs is 3. The third kappa shape index (κ3) is 5.51. The molecule has 11 heteroatoms. The van der Waals surface area contributed by atoms with Gasteiger partial charge in [0.05, 0.1) is 10.5 Å². The fraction of sp³-hybridized carbons (Fsp3) is 0.222. The summed E-state index contributed by atoms with van der Waals surface area (Å²) < 4.78 is 29.6. The first kappa shape index (κ1) is 27.6. The van der Waals surface area contributed by atoms with Crippen LogP contribution in [0.4, 0.5) is 0 Å². The Bertz CT molecular complexity index is 1700. The van der Waals surface area contributed by atoms with Crippen LogP contribution in [0, 0.1) is 6.92 Å². The number of hydrogen-bond donors (Lipinski definition) is 1. The summed E-state index contributed by atoms with van der Waals surface area (Å²) in [5.74, 6) is -0.774. The average Bonchev–Trinajstić information content (AvgIpc) is 3.36. The van der Waals surface area contributed by atoms with E-state index in [1.54, 1.807) is 12.1 Å². The third-order valence-electron chi connectivity index (χ3n) is 6.52. The SMILES string of the molecule is Cc1cc(/C=C/C(=O)NS(=O)(=O)c2cc(Cl)c(Cl)s2)c2c(c1)c1c(n2Cc2ccc(Cl)cc2Cl)CCCC1. The smallest absolute Gasteiger partial charge is 0.273 e. The number of carbonyl (C=O) groups excluding carboxylic acids is 1. The summed E-state index contributed by atoms with van der Waals surface area (Å²) in [7, 11) is -4.11. The zero-order chi connectivity index (χ0) is 27.2. The molecular formula is C27H22Cl4N2O3S2. The Hall–Kier alpha value is -2.00. The van der Waals surface area contributed by atoms with E-state index in [0.717, 1.165) is 64.6 Å². The molecule has 2 aromatic heterocycles. The van der Waals surface area contributed by atoms with Crippen LogP contribution < -0.4 is 4.72 Å². The predicted molar refractivity (Wildman–Crippen MR) is 158 cm³/mol. The van der Waals surface area contributed by atoms with E-state index in [4.69, 9.17) is 46.4 Å². The van der Waals surface area contributed by atoms with E-state index in [9.17, 15) is 13.2 Å². The maximum absolute atomic E-state index is 12.7. The van der Waals surface area contributed by atoms with Gasteiger partial charge in [-0.05, 0) is 91.3 Å². The van der Waals surface area contributed by atoms with E-state index >= 15 is 0 Å². The van der Waals surface area contributed by atoms with Crippen LogP contribution in [0.1, 0.15) is 40.8 Å². The minimum absolute atomic E-state index is 0.118. The standard InChI is InChI=1S/C27H22Cl4N2O3S2/c1-15-10-16(7-9-24(34)32-38(35,36)25-13-22(30)27(31)37-25)26-20(11-15)19-4-2-3-5-23(19)33(26)14-17-6-8-18(28)12-21(17)29/h6-13H,2-5,14H2,1H3,(H,32,34)/b9-7+. The molecule has 0 bridgehead atoms. The van der Waals surface area contributed by atoms with Crippen LogP contribution in [0.15, 0.2) is 46.7 Å². The van der Waals surface area contributed by atoms with E-state index in [1.807, 2.05) is 25.1 Å². The van der Waals surface area contributed by atoms with Gasteiger partial charge in [-0.15, -0.1) is 11.3 Å². The van der Waals surface area contributed by atoms with Crippen LogP contribution in [0.2, 0.25) is 19.4 Å². The van der Waals surface area contributed by atoms with Crippen molar-refractivity contribution < 1.29 is 13.2 Å². The lowest BCUT2D eigenvalue weighted by Gasteiger charge is -2.17. The maximum Gasteiger partial charge on any atom is 0.273 e. The van der Waals surface area contributed by atoms with Crippen LogP contribution >= 0.6 is 57.7 Å². The molecule has 1 N–H and O–H groups in total. The van der Waals surface area contributed by atoms with Crippen molar-refractivity contribution in [1.82, 2.24) is 9.29 Å². The highest BCUT2D eigenvalue weighted by molar-refractivity contribution is 7.92. The molecule has 38 heavy (non-hydrogen) atoms. The van der Waals surface area contributed by atoms with E-state index in [0.29, 0.717) is 16.6 Å². The van der Waals surface area contributed by atoms with Crippen molar-refractivity contribution in [1.29, 1.82) is 0 Å². The van der Waals surface area contributed by atoms with Crippen LogP contribution in [-0.2, 0) is 34.2 Å². The zero-order valence-corrected chi connectivity index (χ0v) is 24.8. The number of hydrogen-bond acceptors (Lipinski definition) is 4. The Balaban J connectivity index is 1.55. The number of nitrogens with one attached hydrogen (secondary N) is 1. The Morgan fingerprint density at radius 2 is 1.82 bits per heavy atom. The van der Waals surface area contributed by atoms with E-state index in [2.05, 4.69) is 15.4 Å². The summed E-state index contributed by atoms with van der Waals surface area (Å²) in [5.41, 5.74) is 6.35. The molecule has 0 atom stereocenters. The van der Waals surface area contributed by atoms with E-state index in [-0.39, 0.29) is 13.6 Å². The molecule has 0 unspecified atom stereocenters. The summed E-state index contributed by atoms with van der Waals surface area (Å²) in [4.78, 5) is 12.7. The second-order valence-corrected chi connectivity index (χ2v) is 14.0. The molecule has 0 saturated heterocycles. The second kappa shape index (κ2) is 10.9. The van der Waals surface area contributed by atoms with Crippen molar-refractivity contribution in [2.24, 2.45) is 0 Å². The monoisotopic (exact) mass is 626 g/mol. The molecule has 0 radical (unpaired) electrons. The molecule has 198 valence electrons. The summed E-state index contributed by atoms with van der Waals surface area (Å²) >= 11 is 25.2. The van der Waals surface area contributed by atoms with Crippen molar-refractivity contribution >= 4 is 90.6 Å². The predicted octanol–water partition coefficient (Wildman–Crippen LogP) is 8.07. The van der Waals surface area contributed by atoms with Crippen LogP contribution in [0.5, 0.6) is 0 Å². The molecule has 1 amide bonds. The summed E-state index contributed by atoms with van der Waals surface area (Å²) in [6.07, 6.45) is 7.02. The van der Waals surface area contributed by atoms with E-state index in [1.165, 1.54) is 23.4 Å². The Kier molecular flexibility index (Phi) is 7.89. The molecule has 4 aromatic rings. The second-order valence-electron chi connectivity index (χ2n) is 9.19. The minimum Gasteiger partial charge on any atom is -0.339 e. The van der Waals surface area contributed by atoms with E-state index < -0.39 is 15.9 Å². The van der Waals surface area contributed by atoms with Gasteiger partial charge in [0.2, 0.25) is 0 Å². The number of benzene rings is 2. The first-order chi connectivity index (χ1) is 18.0. The molecule has 0 spiro atoms. The van der Waals surface area contributed by atoms with Gasteiger partial charge < -0.3 is 4.57 Å². The van der Waals surface area contributed by atoms with Gasteiger partial charge in [0, 0.05) is 33.7 Å². The van der Waals surface area contributed by atoms with Crippen LogP contribution in [-0.4, -0.2) is 18.9 Å². The highest BCUT2D eigenvalue weighted by atomic mass is 35.5. The summed E-state index contributed by atoms with van der Waals surface area (Å²) in [6, 6.07) is 10.9. The molecule has 0 aliphatic heterocycles. The van der Waals surface area contributed by atoms with Gasteiger partial charge in [0.1, 0.15) is 8.55 Å². The highest BCUT2D eigenvalue weighted by Crippen LogP contribution is 2.37. The van der Waals surface area contributed by atoms with Crippen molar-refractivity contribution in [3.63, 3.8) is 0 Å². The minimum atomic E-state index is -4.11. The molecule has 0 fully saturated rings. The Morgan fingerprint density at radius 3 is 2.53 bits per heavy atom. The lowest BCUT2D eigenvalue weighted by atomic mass is 9.94. The van der Waals surface area contributed by atoms with Crippen molar-refractivity contribution in [3.8, 4) is 0 Å². The molecular weight excluding hydrogens is 606 g/mol. The topological polar surface area (TPSA) is 68.2 Å². The normalized spacial score (nSPS) is 13.8. The number of aromatic nitrogens is 1. The molecule has 5 rings (SSSR count). The molecule has 1 aliphatic carbocycles. The number of thiophene rings is 1. The van der Waals surface area contributed by atoms with Gasteiger partial charge in [-0.25, -0.2) is 13.1 Å². The molecule has 2 heterocycles. The number of aryl methyl sites for hydroxylation is 2.